The summed E-state index contributed by atoms with van der Waals surface area (Å²) in [6.45, 7) is 4.29. The number of rotatable bonds is 2. The molecule has 0 N–H and O–H groups in total. The molecule has 0 atom stereocenters. The maximum absolute atomic E-state index is 4.34. The summed E-state index contributed by atoms with van der Waals surface area (Å²) in [6, 6.07) is 8.90. The van der Waals surface area contributed by atoms with Crippen LogP contribution in [-0.2, 0) is 6.42 Å². The van der Waals surface area contributed by atoms with Crippen molar-refractivity contribution in [2.75, 3.05) is 0 Å². The fourth-order valence-electron chi connectivity index (χ4n) is 1.44. The van der Waals surface area contributed by atoms with Crippen LogP contribution >= 0.6 is 0 Å². The van der Waals surface area contributed by atoms with Gasteiger partial charge in [0, 0.05) is 0 Å². The van der Waals surface area contributed by atoms with Gasteiger partial charge in [0.05, 0.1) is 0 Å². The number of halogens is 1. The Balaban J connectivity index is 2.30. The first-order valence-electron chi connectivity index (χ1n) is 4.77. The second-order valence-electron chi connectivity index (χ2n) is 3.29. The molecule has 1 aromatic carbocycles. The zero-order valence-corrected chi connectivity index (χ0v) is 10.6. The number of hydrogen-bond acceptors (Lipinski definition) is 1. The average Bonchev–Trinajstić information content (AvgIpc) is 2.65. The minimum absolute atomic E-state index is 0.0310. The molecule has 0 fully saturated rings. The van der Waals surface area contributed by atoms with Gasteiger partial charge in [-0.3, -0.25) is 0 Å². The molecule has 1 aliphatic heterocycles. The Morgan fingerprint density at radius 1 is 1.21 bits per heavy atom. The molecule has 0 amide bonds. The third kappa shape index (κ3) is 1.90. The zero-order valence-electron chi connectivity index (χ0n) is 8.42. The molecular formula is C12H13IN-. The molecule has 0 aromatic heterocycles. The summed E-state index contributed by atoms with van der Waals surface area (Å²) in [6.07, 6.45) is 1.11. The van der Waals surface area contributed by atoms with Crippen LogP contribution in [-0.4, -0.2) is 4.22 Å². The average molecular weight is 298 g/mol. The Bertz CT molecular complexity index is 387. The van der Waals surface area contributed by atoms with E-state index in [2.05, 4.69) is 47.3 Å². The van der Waals surface area contributed by atoms with E-state index in [0.717, 1.165) is 6.42 Å². The van der Waals surface area contributed by atoms with Gasteiger partial charge in [0.25, 0.3) is 0 Å². The molecule has 2 heteroatoms. The Morgan fingerprint density at radius 2 is 1.93 bits per heavy atom. The second kappa shape index (κ2) is 4.26. The van der Waals surface area contributed by atoms with E-state index in [-0.39, 0.29) is 21.2 Å². The van der Waals surface area contributed by atoms with Crippen molar-refractivity contribution in [3.8, 4) is 0 Å². The van der Waals surface area contributed by atoms with Gasteiger partial charge in [-0.1, -0.05) is 0 Å². The van der Waals surface area contributed by atoms with Crippen LogP contribution in [0.4, 0.5) is 0 Å². The molecule has 14 heavy (non-hydrogen) atoms. The van der Waals surface area contributed by atoms with E-state index in [9.17, 15) is 0 Å². The molecule has 1 aliphatic rings. The first kappa shape index (κ1) is 9.90. The number of aliphatic imine (C=N–C) groups is 1. The molecule has 1 nitrogen and oxygen atoms in total. The van der Waals surface area contributed by atoms with Crippen LogP contribution < -0.4 is 21.2 Å². The summed E-state index contributed by atoms with van der Waals surface area (Å²) < 4.78 is 3.57. The van der Waals surface area contributed by atoms with Crippen molar-refractivity contribution < 1.29 is 21.2 Å². The summed E-state index contributed by atoms with van der Waals surface area (Å²) in [4.78, 5) is 4.34. The Morgan fingerprint density at radius 3 is 2.43 bits per heavy atom. The third-order valence-electron chi connectivity index (χ3n) is 2.33. The Labute approximate surface area is 95.2 Å². The molecule has 0 spiro atoms. The van der Waals surface area contributed by atoms with Crippen molar-refractivity contribution >= 4 is 7.80 Å². The number of allylic oxidation sites excluding steroid dienone is 1. The summed E-state index contributed by atoms with van der Waals surface area (Å²) in [5, 5.41) is 0. The van der Waals surface area contributed by atoms with Gasteiger partial charge in [0.1, 0.15) is 0 Å². The number of nitrogens with zero attached hydrogens (tertiary/aromatic N) is 1. The van der Waals surface area contributed by atoms with Crippen LogP contribution in [0.15, 0.2) is 35.0 Å². The molecule has 2 rings (SSSR count). The van der Waals surface area contributed by atoms with Gasteiger partial charge < -0.3 is 0 Å². The fourth-order valence-corrected chi connectivity index (χ4v) is 3.59. The van der Waals surface area contributed by atoms with Gasteiger partial charge in [0.2, 0.25) is 0 Å². The molecule has 1 heterocycles. The number of hydrogen-bond donors (Lipinski definition) is 0. The standard InChI is InChI=1S/C12H13IN/c1-3-10-4-6-11(7-5-10)12-9(2)14-8-13-12/h4-8H,3H2,1-2H3/q-1. The van der Waals surface area contributed by atoms with E-state index in [1.807, 2.05) is 0 Å². The van der Waals surface area contributed by atoms with Crippen molar-refractivity contribution in [3.05, 3.63) is 41.1 Å². The van der Waals surface area contributed by atoms with Crippen LogP contribution in [0.5, 0.6) is 0 Å². The topological polar surface area (TPSA) is 12.4 Å². The van der Waals surface area contributed by atoms with E-state index in [1.165, 1.54) is 20.4 Å². The predicted molar refractivity (Wildman–Crippen MR) is 56.9 cm³/mol. The van der Waals surface area contributed by atoms with Gasteiger partial charge in [-0.25, -0.2) is 0 Å². The predicted octanol–water partition coefficient (Wildman–Crippen LogP) is 0.0684. The molecule has 1 aromatic rings. The van der Waals surface area contributed by atoms with Crippen molar-refractivity contribution in [2.24, 2.45) is 4.99 Å². The number of aryl methyl sites for hydroxylation is 1. The van der Waals surface area contributed by atoms with E-state index in [1.54, 1.807) is 0 Å². The van der Waals surface area contributed by atoms with Gasteiger partial charge >= 0.3 is 95.4 Å². The van der Waals surface area contributed by atoms with Crippen molar-refractivity contribution in [3.63, 3.8) is 0 Å². The molecule has 0 saturated carbocycles. The van der Waals surface area contributed by atoms with Crippen molar-refractivity contribution in [1.29, 1.82) is 0 Å². The van der Waals surface area contributed by atoms with Crippen LogP contribution in [0.3, 0.4) is 0 Å². The molecular weight excluding hydrogens is 285 g/mol. The Kier molecular flexibility index (Phi) is 3.01. The van der Waals surface area contributed by atoms with E-state index < -0.39 is 0 Å². The summed E-state index contributed by atoms with van der Waals surface area (Å²) in [5.41, 5.74) is 3.98. The van der Waals surface area contributed by atoms with E-state index in [4.69, 9.17) is 0 Å². The molecule has 0 radical (unpaired) electrons. The van der Waals surface area contributed by atoms with Crippen LogP contribution in [0.1, 0.15) is 25.0 Å². The summed E-state index contributed by atoms with van der Waals surface area (Å²) in [7, 11) is 0. The van der Waals surface area contributed by atoms with Gasteiger partial charge in [-0.15, -0.1) is 0 Å². The van der Waals surface area contributed by atoms with Crippen molar-refractivity contribution in [2.45, 2.75) is 20.3 Å². The molecule has 0 bridgehead atoms. The molecule has 74 valence electrons. The zero-order chi connectivity index (χ0) is 9.97. The quantitative estimate of drug-likeness (QED) is 0.685. The monoisotopic (exact) mass is 298 g/mol. The van der Waals surface area contributed by atoms with Crippen molar-refractivity contribution in [1.82, 2.24) is 0 Å². The van der Waals surface area contributed by atoms with E-state index >= 15 is 0 Å². The SMILES string of the molecule is CCc1ccc(C2=C(C)N=C[I-]2)cc1. The number of benzene rings is 1. The fraction of sp³-hybridized carbons (Fsp3) is 0.250. The molecule has 0 aliphatic carbocycles. The molecule has 0 unspecified atom stereocenters. The van der Waals surface area contributed by atoms with Crippen LogP contribution in [0.2, 0.25) is 0 Å². The van der Waals surface area contributed by atoms with Gasteiger partial charge in [-0.2, -0.15) is 0 Å². The van der Waals surface area contributed by atoms with Gasteiger partial charge in [0.15, 0.2) is 0 Å². The Hall–Kier alpha value is -0.640. The first-order valence-corrected chi connectivity index (χ1v) is 7.10. The summed E-state index contributed by atoms with van der Waals surface area (Å²) >= 11 is 0.0310. The normalized spacial score (nSPS) is 15.9. The first-order chi connectivity index (χ1) is 6.81. The second-order valence-corrected chi connectivity index (χ2v) is 5.54. The minimum atomic E-state index is 0.0310. The van der Waals surface area contributed by atoms with Crippen LogP contribution in [0, 0.1) is 0 Å². The molecule has 0 saturated heterocycles. The van der Waals surface area contributed by atoms with Gasteiger partial charge in [-0.05, 0) is 0 Å². The summed E-state index contributed by atoms with van der Waals surface area (Å²) in [5.74, 6) is 0. The maximum atomic E-state index is 4.34. The third-order valence-corrected chi connectivity index (χ3v) is 4.92. The van der Waals surface area contributed by atoms with Crippen LogP contribution in [0.25, 0.3) is 3.58 Å². The van der Waals surface area contributed by atoms with E-state index in [0.29, 0.717) is 0 Å².